The van der Waals surface area contributed by atoms with Crippen LogP contribution in [0, 0.1) is 5.82 Å². The van der Waals surface area contributed by atoms with Gasteiger partial charge in [-0.3, -0.25) is 4.79 Å². The summed E-state index contributed by atoms with van der Waals surface area (Å²) in [5, 5.41) is 0.705. The maximum absolute atomic E-state index is 13.0. The summed E-state index contributed by atoms with van der Waals surface area (Å²) >= 11 is 5.99. The minimum absolute atomic E-state index is 0. The highest BCUT2D eigenvalue weighted by atomic mass is 79.9. The molecule has 0 spiro atoms. The second kappa shape index (κ2) is 7.72. The molecular weight excluding hydrogens is 419 g/mol. The molecule has 4 rings (SSSR count). The Morgan fingerprint density at radius 3 is 2.50 bits per heavy atom. The molecule has 0 atom stereocenters. The number of halogens is 3. The van der Waals surface area contributed by atoms with Gasteiger partial charge in [0.05, 0.1) is 13.0 Å². The van der Waals surface area contributed by atoms with Gasteiger partial charge in [0.1, 0.15) is 12.0 Å². The molecule has 1 aromatic heterocycles. The minimum Gasteiger partial charge on any atom is -1.00 e. The first-order valence-corrected chi connectivity index (χ1v) is 8.66. The van der Waals surface area contributed by atoms with Crippen molar-refractivity contribution in [2.24, 2.45) is 0 Å². The van der Waals surface area contributed by atoms with Crippen molar-refractivity contribution in [2.75, 3.05) is 0 Å². The molecule has 1 aliphatic rings. The van der Waals surface area contributed by atoms with E-state index in [1.54, 1.807) is 0 Å². The van der Waals surface area contributed by atoms with Crippen molar-refractivity contribution in [3.63, 3.8) is 0 Å². The first kappa shape index (κ1) is 18.8. The largest absolute Gasteiger partial charge is 1.00 e. The lowest BCUT2D eigenvalue weighted by molar-refractivity contribution is -0.689. The van der Waals surface area contributed by atoms with Gasteiger partial charge in [-0.1, -0.05) is 11.6 Å². The Morgan fingerprint density at radius 2 is 1.81 bits per heavy atom. The number of Topliss-reactive ketones (excluding diaryl/α,β-unsaturated/α-hetero) is 1. The molecule has 134 valence electrons. The van der Waals surface area contributed by atoms with Crippen molar-refractivity contribution in [2.45, 2.75) is 25.9 Å². The van der Waals surface area contributed by atoms with Crippen LogP contribution in [-0.4, -0.2) is 10.4 Å². The molecule has 0 bridgehead atoms. The van der Waals surface area contributed by atoms with E-state index in [1.807, 2.05) is 35.0 Å². The van der Waals surface area contributed by atoms with Gasteiger partial charge in [0.2, 0.25) is 5.78 Å². The second-order valence-electron chi connectivity index (χ2n) is 6.25. The number of ketones is 1. The fourth-order valence-electron chi connectivity index (χ4n) is 3.38. The summed E-state index contributed by atoms with van der Waals surface area (Å²) in [6, 6.07) is 13.5. The Balaban J connectivity index is 0.00000196. The maximum atomic E-state index is 13.0. The Kier molecular flexibility index (Phi) is 5.58. The molecule has 0 fully saturated rings. The summed E-state index contributed by atoms with van der Waals surface area (Å²) in [6.07, 6.45) is 4.05. The number of carbonyl (C=O) groups is 1. The van der Waals surface area contributed by atoms with Crippen molar-refractivity contribution in [3.8, 4) is 11.3 Å². The Morgan fingerprint density at radius 1 is 1.12 bits per heavy atom. The number of hydrogen-bond donors (Lipinski definition) is 0. The van der Waals surface area contributed by atoms with Crippen LogP contribution in [-0.2, 0) is 19.5 Å². The molecule has 0 saturated carbocycles. The van der Waals surface area contributed by atoms with E-state index in [4.69, 9.17) is 11.6 Å². The van der Waals surface area contributed by atoms with E-state index in [-0.39, 0.29) is 35.1 Å². The Bertz CT molecular complexity index is 936. The summed E-state index contributed by atoms with van der Waals surface area (Å²) in [7, 11) is 0. The average Bonchev–Trinajstić information content (AvgIpc) is 3.20. The van der Waals surface area contributed by atoms with Crippen LogP contribution in [0.2, 0.25) is 5.02 Å². The van der Waals surface area contributed by atoms with Crippen molar-refractivity contribution >= 4 is 17.4 Å². The molecule has 0 radical (unpaired) electrons. The molecule has 0 aliphatic carbocycles. The van der Waals surface area contributed by atoms with Crippen molar-refractivity contribution in [1.29, 1.82) is 0 Å². The van der Waals surface area contributed by atoms with Crippen LogP contribution in [0.5, 0.6) is 0 Å². The highest BCUT2D eigenvalue weighted by Crippen LogP contribution is 2.26. The third kappa shape index (κ3) is 3.60. The van der Waals surface area contributed by atoms with Gasteiger partial charge < -0.3 is 17.0 Å². The van der Waals surface area contributed by atoms with Gasteiger partial charge in [-0.25, -0.2) is 13.5 Å². The molecule has 26 heavy (non-hydrogen) atoms. The van der Waals surface area contributed by atoms with E-state index < -0.39 is 0 Å². The van der Waals surface area contributed by atoms with E-state index in [0.717, 1.165) is 36.5 Å². The lowest BCUT2D eigenvalue weighted by Crippen LogP contribution is -3.00. The second-order valence-corrected chi connectivity index (χ2v) is 6.69. The predicted octanol–water partition coefficient (Wildman–Crippen LogP) is 1.07. The van der Waals surface area contributed by atoms with E-state index in [2.05, 4.69) is 4.57 Å². The molecule has 0 N–H and O–H groups in total. The lowest BCUT2D eigenvalue weighted by atomic mass is 10.1. The number of aromatic nitrogens is 2. The van der Waals surface area contributed by atoms with Crippen molar-refractivity contribution < 1.29 is 30.7 Å². The zero-order chi connectivity index (χ0) is 17.4. The zero-order valence-electron chi connectivity index (χ0n) is 14.0. The van der Waals surface area contributed by atoms with Gasteiger partial charge in [0, 0.05) is 16.1 Å². The molecule has 6 heteroatoms. The summed E-state index contributed by atoms with van der Waals surface area (Å²) < 4.78 is 17.3. The van der Waals surface area contributed by atoms with Crippen LogP contribution in [0.4, 0.5) is 4.39 Å². The number of rotatable bonds is 4. The van der Waals surface area contributed by atoms with Gasteiger partial charge in [-0.15, -0.1) is 0 Å². The number of nitrogens with zero attached hydrogens (tertiary/aromatic N) is 2. The number of fused-ring (bicyclic) bond motifs is 1. The van der Waals surface area contributed by atoms with Crippen molar-refractivity contribution in [3.05, 3.63) is 77.0 Å². The molecule has 3 aromatic rings. The summed E-state index contributed by atoms with van der Waals surface area (Å²) in [4.78, 5) is 12.5. The molecular formula is C20H17BrClFN2O. The Hall–Kier alpha value is -1.98. The van der Waals surface area contributed by atoms with Gasteiger partial charge >= 0.3 is 0 Å². The maximum Gasteiger partial charge on any atom is 0.257 e. The Labute approximate surface area is 166 Å². The zero-order valence-corrected chi connectivity index (χ0v) is 16.3. The molecule has 2 aromatic carbocycles. The molecule has 3 nitrogen and oxygen atoms in total. The van der Waals surface area contributed by atoms with Crippen LogP contribution in [0.3, 0.4) is 0 Å². The highest BCUT2D eigenvalue weighted by molar-refractivity contribution is 6.30. The molecule has 0 amide bonds. The first-order chi connectivity index (χ1) is 12.1. The predicted molar refractivity (Wildman–Crippen MR) is 94.1 cm³/mol. The van der Waals surface area contributed by atoms with Crippen LogP contribution >= 0.6 is 11.6 Å². The number of imidazole rings is 1. The smallest absolute Gasteiger partial charge is 0.257 e. The lowest BCUT2D eigenvalue weighted by Gasteiger charge is -2.00. The SMILES string of the molecule is O=C(C[n+]1cc(-c2ccc(Cl)cc2)n2c1CCC2)c1ccc(F)cc1.[Br-]. The normalized spacial score (nSPS) is 12.5. The van der Waals surface area contributed by atoms with E-state index >= 15 is 0 Å². The van der Waals surface area contributed by atoms with Gasteiger partial charge in [0.25, 0.3) is 5.82 Å². The summed E-state index contributed by atoms with van der Waals surface area (Å²) in [5.74, 6) is 0.798. The molecule has 0 unspecified atom stereocenters. The van der Waals surface area contributed by atoms with E-state index in [9.17, 15) is 9.18 Å². The molecule has 1 aliphatic heterocycles. The van der Waals surface area contributed by atoms with E-state index in [0.29, 0.717) is 10.6 Å². The van der Waals surface area contributed by atoms with Gasteiger partial charge in [-0.2, -0.15) is 0 Å². The van der Waals surface area contributed by atoms with Crippen LogP contribution in [0.15, 0.2) is 54.7 Å². The topological polar surface area (TPSA) is 25.9 Å². The third-order valence-electron chi connectivity index (χ3n) is 4.61. The molecule has 0 saturated heterocycles. The third-order valence-corrected chi connectivity index (χ3v) is 4.87. The average molecular weight is 436 g/mol. The van der Waals surface area contributed by atoms with Crippen LogP contribution in [0.1, 0.15) is 22.6 Å². The number of benzene rings is 2. The quantitative estimate of drug-likeness (QED) is 0.445. The van der Waals surface area contributed by atoms with Crippen LogP contribution in [0.25, 0.3) is 11.3 Å². The van der Waals surface area contributed by atoms with Crippen molar-refractivity contribution in [1.82, 2.24) is 4.57 Å². The van der Waals surface area contributed by atoms with Crippen LogP contribution < -0.4 is 21.5 Å². The fraction of sp³-hybridized carbons (Fsp3) is 0.200. The highest BCUT2D eigenvalue weighted by Gasteiger charge is 2.29. The number of carbonyl (C=O) groups excluding carboxylic acids is 1. The number of hydrogen-bond acceptors (Lipinski definition) is 1. The first-order valence-electron chi connectivity index (χ1n) is 8.28. The summed E-state index contributed by atoms with van der Waals surface area (Å²) in [5.41, 5.74) is 2.71. The minimum atomic E-state index is -0.334. The standard InChI is InChI=1S/C20H17ClFN2O.BrH/c21-16-7-3-14(4-8-16)18-12-23(20-2-1-11-24(18)20)13-19(25)15-5-9-17(22)10-6-15;/h3-10,12H,1-2,11,13H2;1H/q+1;/p-1. The summed E-state index contributed by atoms with van der Waals surface area (Å²) in [6.45, 7) is 1.21. The monoisotopic (exact) mass is 434 g/mol. The van der Waals surface area contributed by atoms with E-state index in [1.165, 1.54) is 24.3 Å². The fourth-order valence-corrected chi connectivity index (χ4v) is 3.50. The van der Waals surface area contributed by atoms with Gasteiger partial charge in [0.15, 0.2) is 12.2 Å². The van der Waals surface area contributed by atoms with Gasteiger partial charge in [-0.05, 0) is 55.0 Å². The molecule has 2 heterocycles.